The van der Waals surface area contributed by atoms with Gasteiger partial charge in [-0.25, -0.2) is 0 Å². The van der Waals surface area contributed by atoms with Gasteiger partial charge in [-0.3, -0.25) is 19.9 Å². The van der Waals surface area contributed by atoms with Crippen LogP contribution in [0.4, 0.5) is 11.4 Å². The fraction of sp³-hybridized carbons (Fsp3) is 0.231. The van der Waals surface area contributed by atoms with Crippen LogP contribution in [-0.4, -0.2) is 28.9 Å². The molecule has 0 unspecified atom stereocenters. The monoisotopic (exact) mass is 274 g/mol. The van der Waals surface area contributed by atoms with Crippen molar-refractivity contribution in [3.05, 3.63) is 40.6 Å². The molecule has 1 aromatic heterocycles. The van der Waals surface area contributed by atoms with Gasteiger partial charge in [0.05, 0.1) is 16.0 Å². The average Bonchev–Trinajstić information content (AvgIpc) is 2.43. The van der Waals surface area contributed by atoms with Crippen molar-refractivity contribution < 1.29 is 9.72 Å². The molecular weight excluding hydrogens is 260 g/mol. The molecule has 0 fully saturated rings. The van der Waals surface area contributed by atoms with Crippen molar-refractivity contribution in [1.29, 1.82) is 0 Å². The Balaban J connectivity index is 2.24. The van der Waals surface area contributed by atoms with E-state index in [4.69, 9.17) is 0 Å². The van der Waals surface area contributed by atoms with E-state index in [2.05, 4.69) is 15.6 Å². The van der Waals surface area contributed by atoms with Gasteiger partial charge < -0.3 is 10.6 Å². The van der Waals surface area contributed by atoms with E-state index in [1.165, 1.54) is 13.0 Å². The van der Waals surface area contributed by atoms with Crippen molar-refractivity contribution in [2.24, 2.45) is 0 Å². The van der Waals surface area contributed by atoms with E-state index in [0.717, 1.165) is 0 Å². The van der Waals surface area contributed by atoms with Gasteiger partial charge in [0.15, 0.2) is 0 Å². The number of hydrogen-bond acceptors (Lipinski definition) is 5. The molecule has 1 heterocycles. The Morgan fingerprint density at radius 3 is 2.85 bits per heavy atom. The SMILES string of the molecule is CC(=O)NCCNc1ccc([N+](=O)[O-])c2cccnc12. The highest BCUT2D eigenvalue weighted by Crippen LogP contribution is 2.29. The van der Waals surface area contributed by atoms with Crippen LogP contribution in [-0.2, 0) is 4.79 Å². The minimum atomic E-state index is -0.425. The number of nitrogens with one attached hydrogen (secondary N) is 2. The van der Waals surface area contributed by atoms with Crippen LogP contribution in [0.2, 0.25) is 0 Å². The number of non-ortho nitro benzene ring substituents is 1. The van der Waals surface area contributed by atoms with Crippen molar-refractivity contribution >= 4 is 28.2 Å². The average molecular weight is 274 g/mol. The van der Waals surface area contributed by atoms with Crippen LogP contribution in [0.15, 0.2) is 30.5 Å². The van der Waals surface area contributed by atoms with Gasteiger partial charge in [0, 0.05) is 32.3 Å². The van der Waals surface area contributed by atoms with Crippen LogP contribution in [0.1, 0.15) is 6.92 Å². The highest BCUT2D eigenvalue weighted by molar-refractivity contribution is 5.96. The minimum absolute atomic E-state index is 0.0283. The summed E-state index contributed by atoms with van der Waals surface area (Å²) in [6.45, 7) is 2.44. The summed E-state index contributed by atoms with van der Waals surface area (Å²) in [4.78, 5) is 25.5. The zero-order valence-corrected chi connectivity index (χ0v) is 10.9. The molecule has 0 radical (unpaired) electrons. The number of fused-ring (bicyclic) bond motifs is 1. The number of rotatable bonds is 5. The lowest BCUT2D eigenvalue weighted by Gasteiger charge is -2.09. The van der Waals surface area contributed by atoms with E-state index in [-0.39, 0.29) is 11.6 Å². The van der Waals surface area contributed by atoms with E-state index in [1.807, 2.05) is 0 Å². The van der Waals surface area contributed by atoms with E-state index in [1.54, 1.807) is 24.4 Å². The predicted octanol–water partition coefficient (Wildman–Crippen LogP) is 1.69. The zero-order chi connectivity index (χ0) is 14.5. The van der Waals surface area contributed by atoms with Gasteiger partial charge in [-0.15, -0.1) is 0 Å². The number of anilines is 1. The van der Waals surface area contributed by atoms with Gasteiger partial charge in [-0.1, -0.05) is 0 Å². The number of carbonyl (C=O) groups is 1. The second-order valence-electron chi connectivity index (χ2n) is 4.20. The summed E-state index contributed by atoms with van der Waals surface area (Å²) in [6, 6.07) is 6.40. The molecule has 0 aliphatic rings. The molecular formula is C13H14N4O3. The molecule has 104 valence electrons. The summed E-state index contributed by atoms with van der Waals surface area (Å²) in [6.07, 6.45) is 1.59. The van der Waals surface area contributed by atoms with Crippen LogP contribution in [0.25, 0.3) is 10.9 Å². The maximum Gasteiger partial charge on any atom is 0.278 e. The molecule has 1 aromatic carbocycles. The van der Waals surface area contributed by atoms with Crippen LogP contribution in [0.3, 0.4) is 0 Å². The number of nitrogens with zero attached hydrogens (tertiary/aromatic N) is 2. The highest BCUT2D eigenvalue weighted by Gasteiger charge is 2.14. The zero-order valence-electron chi connectivity index (χ0n) is 10.9. The molecule has 0 aliphatic heterocycles. The number of amides is 1. The molecule has 0 atom stereocenters. The lowest BCUT2D eigenvalue weighted by molar-refractivity contribution is -0.383. The number of pyridine rings is 1. The number of benzene rings is 1. The van der Waals surface area contributed by atoms with Crippen molar-refractivity contribution in [3.8, 4) is 0 Å². The number of nitro groups is 1. The third-order valence-electron chi connectivity index (χ3n) is 2.76. The standard InChI is InChI=1S/C13H14N4O3/c1-9(18)14-7-8-15-11-4-5-12(17(19)20)10-3-2-6-16-13(10)11/h2-6,15H,7-8H2,1H3,(H,14,18). The predicted molar refractivity (Wildman–Crippen MR) is 75.6 cm³/mol. The molecule has 2 rings (SSSR count). The molecule has 7 heteroatoms. The molecule has 7 nitrogen and oxygen atoms in total. The molecule has 20 heavy (non-hydrogen) atoms. The number of hydrogen-bond donors (Lipinski definition) is 2. The molecule has 0 bridgehead atoms. The van der Waals surface area contributed by atoms with Gasteiger partial charge in [0.1, 0.15) is 5.52 Å². The molecule has 0 saturated heterocycles. The van der Waals surface area contributed by atoms with E-state index in [0.29, 0.717) is 29.7 Å². The lowest BCUT2D eigenvalue weighted by atomic mass is 10.1. The topological polar surface area (TPSA) is 97.2 Å². The summed E-state index contributed by atoms with van der Waals surface area (Å²) < 4.78 is 0. The first-order chi connectivity index (χ1) is 9.59. The van der Waals surface area contributed by atoms with Gasteiger partial charge in [0.2, 0.25) is 5.91 Å². The lowest BCUT2D eigenvalue weighted by Crippen LogP contribution is -2.26. The maximum atomic E-state index is 11.0. The quantitative estimate of drug-likeness (QED) is 0.491. The smallest absolute Gasteiger partial charge is 0.278 e. The summed E-state index contributed by atoms with van der Waals surface area (Å²) in [5.74, 6) is -0.0986. The van der Waals surface area contributed by atoms with Gasteiger partial charge >= 0.3 is 0 Å². The Morgan fingerprint density at radius 2 is 2.15 bits per heavy atom. The first-order valence-corrected chi connectivity index (χ1v) is 6.10. The van der Waals surface area contributed by atoms with Crippen LogP contribution in [0.5, 0.6) is 0 Å². The van der Waals surface area contributed by atoms with Crippen molar-refractivity contribution in [1.82, 2.24) is 10.3 Å². The van der Waals surface area contributed by atoms with Crippen molar-refractivity contribution in [3.63, 3.8) is 0 Å². The molecule has 0 aliphatic carbocycles. The van der Waals surface area contributed by atoms with Crippen LogP contribution in [0, 0.1) is 10.1 Å². The first-order valence-electron chi connectivity index (χ1n) is 6.10. The molecule has 1 amide bonds. The summed E-state index contributed by atoms with van der Waals surface area (Å²) in [7, 11) is 0. The van der Waals surface area contributed by atoms with Crippen molar-refractivity contribution in [2.45, 2.75) is 6.92 Å². The van der Waals surface area contributed by atoms with Crippen LogP contribution >= 0.6 is 0 Å². The molecule has 2 N–H and O–H groups in total. The third kappa shape index (κ3) is 3.00. The Hall–Kier alpha value is -2.70. The molecule has 2 aromatic rings. The Kier molecular flexibility index (Phi) is 4.09. The second-order valence-corrected chi connectivity index (χ2v) is 4.20. The molecule has 0 spiro atoms. The normalized spacial score (nSPS) is 10.2. The minimum Gasteiger partial charge on any atom is -0.382 e. The Bertz CT molecular complexity index is 657. The van der Waals surface area contributed by atoms with E-state index in [9.17, 15) is 14.9 Å². The Morgan fingerprint density at radius 1 is 1.35 bits per heavy atom. The first kappa shape index (κ1) is 13.7. The fourth-order valence-corrected chi connectivity index (χ4v) is 1.90. The summed E-state index contributed by atoms with van der Waals surface area (Å²) >= 11 is 0. The van der Waals surface area contributed by atoms with E-state index >= 15 is 0 Å². The van der Waals surface area contributed by atoms with E-state index < -0.39 is 4.92 Å². The largest absolute Gasteiger partial charge is 0.382 e. The number of aromatic nitrogens is 1. The second kappa shape index (κ2) is 5.96. The number of nitro benzene ring substituents is 1. The number of carbonyl (C=O) groups excluding carboxylic acids is 1. The summed E-state index contributed by atoms with van der Waals surface area (Å²) in [5.41, 5.74) is 1.28. The van der Waals surface area contributed by atoms with Gasteiger partial charge in [-0.05, 0) is 18.2 Å². The maximum absolute atomic E-state index is 11.0. The van der Waals surface area contributed by atoms with Gasteiger partial charge in [0.25, 0.3) is 5.69 Å². The van der Waals surface area contributed by atoms with Crippen LogP contribution < -0.4 is 10.6 Å². The van der Waals surface area contributed by atoms with Crippen molar-refractivity contribution in [2.75, 3.05) is 18.4 Å². The fourth-order valence-electron chi connectivity index (χ4n) is 1.90. The summed E-state index contributed by atoms with van der Waals surface area (Å²) in [5, 5.41) is 17.2. The third-order valence-corrected chi connectivity index (χ3v) is 2.76. The molecule has 0 saturated carbocycles. The highest BCUT2D eigenvalue weighted by atomic mass is 16.6. The Labute approximate surface area is 115 Å². The van der Waals surface area contributed by atoms with Gasteiger partial charge in [-0.2, -0.15) is 0 Å².